The fraction of sp³-hybridized carbons (Fsp3) is 0.600. The van der Waals surface area contributed by atoms with Gasteiger partial charge in [0.05, 0.1) is 0 Å². The average molecular weight is 287 g/mol. The molecule has 0 aliphatic carbocycles. The topological polar surface area (TPSA) is 41.5 Å². The van der Waals surface area contributed by atoms with E-state index in [0.717, 1.165) is 6.42 Å². The van der Waals surface area contributed by atoms with Gasteiger partial charge in [0.25, 0.3) is 0 Å². The molecule has 1 rings (SSSR count). The Balaban J connectivity index is 2.74. The maximum absolute atomic E-state index is 12.4. The van der Waals surface area contributed by atoms with E-state index in [9.17, 15) is 13.9 Å². The Bertz CT molecular complexity index is 409. The molecule has 0 saturated heterocycles. The van der Waals surface area contributed by atoms with Crippen molar-refractivity contribution in [3.63, 3.8) is 0 Å². The summed E-state index contributed by atoms with van der Waals surface area (Å²) in [5, 5.41) is 12.6. The molecule has 0 fully saturated rings. The minimum absolute atomic E-state index is 0.0817. The van der Waals surface area contributed by atoms with E-state index < -0.39 is 6.61 Å². The SMILES string of the molecule is CCC(C)(CO)CNC(C)c1ccccc1OC(F)F. The molecule has 1 aromatic carbocycles. The first-order chi connectivity index (χ1) is 9.41. The van der Waals surface area contributed by atoms with Gasteiger partial charge in [-0.3, -0.25) is 0 Å². The summed E-state index contributed by atoms with van der Waals surface area (Å²) in [6, 6.07) is 6.61. The molecule has 20 heavy (non-hydrogen) atoms. The molecule has 5 heteroatoms. The standard InChI is InChI=1S/C15H23F2NO2/c1-4-15(3,10-19)9-18-11(2)12-7-5-6-8-13(12)20-14(16)17/h5-8,11,14,18-19H,4,9-10H2,1-3H3. The minimum atomic E-state index is -2.83. The molecular formula is C15H23F2NO2. The summed E-state index contributed by atoms with van der Waals surface area (Å²) in [5.74, 6) is 0.185. The van der Waals surface area contributed by atoms with Gasteiger partial charge in [-0.25, -0.2) is 0 Å². The Labute approximate surface area is 119 Å². The maximum Gasteiger partial charge on any atom is 0.387 e. The van der Waals surface area contributed by atoms with Gasteiger partial charge in [0.2, 0.25) is 0 Å². The number of aliphatic hydroxyl groups is 1. The van der Waals surface area contributed by atoms with Crippen LogP contribution in [0.5, 0.6) is 5.75 Å². The highest BCUT2D eigenvalue weighted by molar-refractivity contribution is 5.35. The monoisotopic (exact) mass is 287 g/mol. The summed E-state index contributed by atoms with van der Waals surface area (Å²) in [6.45, 7) is 3.73. The van der Waals surface area contributed by atoms with Crippen LogP contribution < -0.4 is 10.1 Å². The first-order valence-electron chi connectivity index (χ1n) is 6.80. The van der Waals surface area contributed by atoms with Crippen LogP contribution in [0.25, 0.3) is 0 Å². The van der Waals surface area contributed by atoms with Crippen LogP contribution in [0.15, 0.2) is 24.3 Å². The van der Waals surface area contributed by atoms with Crippen molar-refractivity contribution in [2.75, 3.05) is 13.2 Å². The fourth-order valence-electron chi connectivity index (χ4n) is 1.84. The molecule has 0 aliphatic rings. The number of benzene rings is 1. The third-order valence-corrected chi connectivity index (χ3v) is 3.67. The normalized spacial score (nSPS) is 15.9. The van der Waals surface area contributed by atoms with E-state index in [4.69, 9.17) is 0 Å². The molecule has 2 atom stereocenters. The third kappa shape index (κ3) is 4.72. The van der Waals surface area contributed by atoms with E-state index in [0.29, 0.717) is 12.1 Å². The number of alkyl halides is 2. The van der Waals surface area contributed by atoms with Crippen LogP contribution in [0.2, 0.25) is 0 Å². The average Bonchev–Trinajstić information content (AvgIpc) is 2.44. The number of aliphatic hydroxyl groups excluding tert-OH is 1. The lowest BCUT2D eigenvalue weighted by molar-refractivity contribution is -0.0507. The Hall–Kier alpha value is -1.20. The first-order valence-corrected chi connectivity index (χ1v) is 6.80. The molecule has 0 bridgehead atoms. The molecule has 0 heterocycles. The highest BCUT2D eigenvalue weighted by Crippen LogP contribution is 2.27. The zero-order chi connectivity index (χ0) is 15.2. The van der Waals surface area contributed by atoms with Gasteiger partial charge in [0.1, 0.15) is 5.75 Å². The Morgan fingerprint density at radius 1 is 1.35 bits per heavy atom. The largest absolute Gasteiger partial charge is 0.434 e. The number of ether oxygens (including phenoxy) is 1. The molecule has 2 unspecified atom stereocenters. The number of halogens is 2. The lowest BCUT2D eigenvalue weighted by atomic mass is 9.88. The highest BCUT2D eigenvalue weighted by atomic mass is 19.3. The van der Waals surface area contributed by atoms with E-state index in [1.165, 1.54) is 6.07 Å². The van der Waals surface area contributed by atoms with Crippen LogP contribution in [0.4, 0.5) is 8.78 Å². The van der Waals surface area contributed by atoms with Crippen LogP contribution >= 0.6 is 0 Å². The molecule has 0 spiro atoms. The van der Waals surface area contributed by atoms with Gasteiger partial charge in [0.15, 0.2) is 0 Å². The quantitative estimate of drug-likeness (QED) is 0.770. The maximum atomic E-state index is 12.4. The van der Waals surface area contributed by atoms with Crippen LogP contribution in [0.1, 0.15) is 38.8 Å². The van der Waals surface area contributed by atoms with Crippen LogP contribution in [-0.2, 0) is 0 Å². The van der Waals surface area contributed by atoms with Crippen molar-refractivity contribution in [2.45, 2.75) is 39.8 Å². The van der Waals surface area contributed by atoms with E-state index >= 15 is 0 Å². The van der Waals surface area contributed by atoms with E-state index in [1.807, 2.05) is 20.8 Å². The summed E-state index contributed by atoms with van der Waals surface area (Å²) in [4.78, 5) is 0. The number of nitrogens with one attached hydrogen (secondary N) is 1. The van der Waals surface area contributed by atoms with Crippen LogP contribution in [0.3, 0.4) is 0 Å². The Morgan fingerprint density at radius 3 is 2.55 bits per heavy atom. The van der Waals surface area contributed by atoms with Gasteiger partial charge >= 0.3 is 6.61 Å². The van der Waals surface area contributed by atoms with Crippen molar-refractivity contribution in [1.82, 2.24) is 5.32 Å². The smallest absolute Gasteiger partial charge is 0.387 e. The molecule has 0 aliphatic heterocycles. The van der Waals surface area contributed by atoms with Gasteiger partial charge in [-0.15, -0.1) is 0 Å². The molecule has 114 valence electrons. The Kier molecular flexibility index (Phi) is 6.36. The van der Waals surface area contributed by atoms with Gasteiger partial charge < -0.3 is 15.2 Å². The second-order valence-corrected chi connectivity index (χ2v) is 5.34. The molecule has 0 saturated carbocycles. The summed E-state index contributed by atoms with van der Waals surface area (Å²) in [6.07, 6.45) is 0.832. The molecule has 0 aromatic heterocycles. The summed E-state index contributed by atoms with van der Waals surface area (Å²) in [7, 11) is 0. The highest BCUT2D eigenvalue weighted by Gasteiger charge is 2.22. The van der Waals surface area contributed by atoms with E-state index in [2.05, 4.69) is 10.1 Å². The third-order valence-electron chi connectivity index (χ3n) is 3.67. The predicted octanol–water partition coefficient (Wildman–Crippen LogP) is 3.35. The second-order valence-electron chi connectivity index (χ2n) is 5.34. The van der Waals surface area contributed by atoms with Gasteiger partial charge in [0, 0.05) is 30.2 Å². The molecule has 2 N–H and O–H groups in total. The number of para-hydroxylation sites is 1. The van der Waals surface area contributed by atoms with Crippen LogP contribution in [0, 0.1) is 5.41 Å². The molecule has 0 amide bonds. The van der Waals surface area contributed by atoms with Crippen molar-refractivity contribution < 1.29 is 18.6 Å². The zero-order valence-electron chi connectivity index (χ0n) is 12.2. The van der Waals surface area contributed by atoms with Crippen molar-refractivity contribution >= 4 is 0 Å². The van der Waals surface area contributed by atoms with E-state index in [1.54, 1.807) is 18.2 Å². The predicted molar refractivity (Wildman–Crippen MR) is 75.0 cm³/mol. The van der Waals surface area contributed by atoms with Crippen LogP contribution in [-0.4, -0.2) is 24.9 Å². The summed E-state index contributed by atoms with van der Waals surface area (Å²) >= 11 is 0. The van der Waals surface area contributed by atoms with Crippen molar-refractivity contribution in [3.05, 3.63) is 29.8 Å². The summed E-state index contributed by atoms with van der Waals surface area (Å²) < 4.78 is 29.3. The zero-order valence-corrected chi connectivity index (χ0v) is 12.2. The molecule has 0 radical (unpaired) electrons. The Morgan fingerprint density at radius 2 is 2.00 bits per heavy atom. The van der Waals surface area contributed by atoms with Crippen molar-refractivity contribution in [1.29, 1.82) is 0 Å². The fourth-order valence-corrected chi connectivity index (χ4v) is 1.84. The minimum Gasteiger partial charge on any atom is -0.434 e. The number of hydrogen-bond donors (Lipinski definition) is 2. The number of rotatable bonds is 8. The van der Waals surface area contributed by atoms with Crippen molar-refractivity contribution in [3.8, 4) is 5.75 Å². The van der Waals surface area contributed by atoms with Gasteiger partial charge in [-0.05, 0) is 19.4 Å². The lowest BCUT2D eigenvalue weighted by Gasteiger charge is -2.28. The first kappa shape index (κ1) is 16.9. The molecular weight excluding hydrogens is 264 g/mol. The lowest BCUT2D eigenvalue weighted by Crippen LogP contribution is -2.35. The van der Waals surface area contributed by atoms with Gasteiger partial charge in [-0.2, -0.15) is 8.78 Å². The van der Waals surface area contributed by atoms with Crippen molar-refractivity contribution in [2.24, 2.45) is 5.41 Å². The summed E-state index contributed by atoms with van der Waals surface area (Å²) in [5.41, 5.74) is 0.469. The number of hydrogen-bond acceptors (Lipinski definition) is 3. The second kappa shape index (κ2) is 7.55. The van der Waals surface area contributed by atoms with E-state index in [-0.39, 0.29) is 23.8 Å². The molecule has 3 nitrogen and oxygen atoms in total. The molecule has 1 aromatic rings. The van der Waals surface area contributed by atoms with Gasteiger partial charge in [-0.1, -0.05) is 32.0 Å².